The van der Waals surface area contributed by atoms with Crippen LogP contribution in [0.4, 0.5) is 0 Å². The second-order valence-electron chi connectivity index (χ2n) is 5.48. The predicted molar refractivity (Wildman–Crippen MR) is 95.6 cm³/mol. The van der Waals surface area contributed by atoms with Crippen LogP contribution < -0.4 is 5.32 Å². The van der Waals surface area contributed by atoms with Crippen LogP contribution in [-0.4, -0.2) is 63.3 Å². The average molecular weight is 427 g/mol. The Morgan fingerprint density at radius 3 is 2.57 bits per heavy atom. The van der Waals surface area contributed by atoms with E-state index in [0.717, 1.165) is 17.4 Å². The van der Waals surface area contributed by atoms with Gasteiger partial charge in [0.2, 0.25) is 10.0 Å². The van der Waals surface area contributed by atoms with Crippen molar-refractivity contribution in [1.82, 2.24) is 14.5 Å². The summed E-state index contributed by atoms with van der Waals surface area (Å²) in [4.78, 5) is 14.5. The SMILES string of the molecule is CC1CNCCN1C(=O)c1ccc(S(=O)(=O)N(C)C)c(Br)c1.Cl. The number of piperazine rings is 1. The molecule has 1 aliphatic rings. The van der Waals surface area contributed by atoms with E-state index < -0.39 is 10.0 Å². The molecule has 0 bridgehead atoms. The van der Waals surface area contributed by atoms with Gasteiger partial charge >= 0.3 is 0 Å². The lowest BCUT2D eigenvalue weighted by atomic mass is 10.1. The van der Waals surface area contributed by atoms with Crippen LogP contribution in [0.5, 0.6) is 0 Å². The number of hydrogen-bond donors (Lipinski definition) is 1. The van der Waals surface area contributed by atoms with E-state index in [0.29, 0.717) is 16.6 Å². The van der Waals surface area contributed by atoms with Crippen molar-refractivity contribution >= 4 is 44.3 Å². The standard InChI is InChI=1S/C14H20BrN3O3S.ClH/c1-10-9-16-6-7-18(10)14(19)11-4-5-13(12(15)8-11)22(20,21)17(2)3;/h4-5,8,10,16H,6-7,9H2,1-3H3;1H. The number of hydrogen-bond acceptors (Lipinski definition) is 4. The van der Waals surface area contributed by atoms with Crippen molar-refractivity contribution < 1.29 is 13.2 Å². The van der Waals surface area contributed by atoms with Gasteiger partial charge in [-0.1, -0.05) is 0 Å². The van der Waals surface area contributed by atoms with Gasteiger partial charge in [-0.2, -0.15) is 0 Å². The van der Waals surface area contributed by atoms with E-state index in [-0.39, 0.29) is 29.3 Å². The zero-order valence-corrected chi connectivity index (χ0v) is 16.5. The molecule has 130 valence electrons. The van der Waals surface area contributed by atoms with Crippen molar-refractivity contribution in [2.24, 2.45) is 0 Å². The highest BCUT2D eigenvalue weighted by atomic mass is 79.9. The molecule has 0 aromatic heterocycles. The first kappa shape index (κ1) is 20.4. The van der Waals surface area contributed by atoms with E-state index >= 15 is 0 Å². The Kier molecular flexibility index (Phi) is 7.03. The molecule has 23 heavy (non-hydrogen) atoms. The Balaban J connectivity index is 0.00000264. The minimum atomic E-state index is -3.53. The van der Waals surface area contributed by atoms with Crippen LogP contribution in [0.3, 0.4) is 0 Å². The van der Waals surface area contributed by atoms with Crippen LogP contribution in [0.1, 0.15) is 17.3 Å². The van der Waals surface area contributed by atoms with E-state index in [1.54, 1.807) is 17.0 Å². The molecule has 9 heteroatoms. The number of rotatable bonds is 3. The smallest absolute Gasteiger partial charge is 0.254 e. The quantitative estimate of drug-likeness (QED) is 0.796. The Bertz CT molecular complexity index is 682. The molecule has 0 spiro atoms. The predicted octanol–water partition coefficient (Wildman–Crippen LogP) is 1.56. The zero-order chi connectivity index (χ0) is 16.5. The lowest BCUT2D eigenvalue weighted by molar-refractivity contribution is 0.0655. The fraction of sp³-hybridized carbons (Fsp3) is 0.500. The molecule has 1 amide bonds. The van der Waals surface area contributed by atoms with Crippen LogP contribution in [-0.2, 0) is 10.0 Å². The lowest BCUT2D eigenvalue weighted by Crippen LogP contribution is -2.52. The van der Waals surface area contributed by atoms with Gasteiger partial charge in [-0.15, -0.1) is 12.4 Å². The minimum absolute atomic E-state index is 0. The fourth-order valence-corrected chi connectivity index (χ4v) is 4.28. The van der Waals surface area contributed by atoms with Gasteiger partial charge in [-0.3, -0.25) is 4.79 Å². The maximum Gasteiger partial charge on any atom is 0.254 e. The number of nitrogens with one attached hydrogen (secondary N) is 1. The number of benzene rings is 1. The van der Waals surface area contributed by atoms with Gasteiger partial charge in [0.05, 0.1) is 4.90 Å². The van der Waals surface area contributed by atoms with Crippen LogP contribution in [0.25, 0.3) is 0 Å². The molecule has 1 fully saturated rings. The molecule has 0 radical (unpaired) electrons. The molecule has 6 nitrogen and oxygen atoms in total. The summed E-state index contributed by atoms with van der Waals surface area (Å²) in [5.41, 5.74) is 0.485. The molecule has 1 aliphatic heterocycles. The van der Waals surface area contributed by atoms with Gasteiger partial charge in [0, 0.05) is 49.8 Å². The molecule has 0 saturated carbocycles. The van der Waals surface area contributed by atoms with E-state index in [9.17, 15) is 13.2 Å². The number of amides is 1. The lowest BCUT2D eigenvalue weighted by Gasteiger charge is -2.34. The van der Waals surface area contributed by atoms with E-state index in [1.165, 1.54) is 20.2 Å². The normalized spacial score (nSPS) is 18.7. The summed E-state index contributed by atoms with van der Waals surface area (Å²) in [6.07, 6.45) is 0. The van der Waals surface area contributed by atoms with Gasteiger partial charge in [0.1, 0.15) is 0 Å². The Labute approximate surface area is 151 Å². The van der Waals surface area contributed by atoms with E-state index in [2.05, 4.69) is 21.2 Å². The van der Waals surface area contributed by atoms with Gasteiger partial charge < -0.3 is 10.2 Å². The maximum absolute atomic E-state index is 12.6. The van der Waals surface area contributed by atoms with Crippen LogP contribution in [0.15, 0.2) is 27.6 Å². The van der Waals surface area contributed by atoms with Crippen LogP contribution in [0.2, 0.25) is 0 Å². The Morgan fingerprint density at radius 2 is 2.04 bits per heavy atom. The average Bonchev–Trinajstić information content (AvgIpc) is 2.46. The summed E-state index contributed by atoms with van der Waals surface area (Å²) in [6, 6.07) is 4.73. The highest BCUT2D eigenvalue weighted by Gasteiger charge is 2.26. The maximum atomic E-state index is 12.6. The highest BCUT2D eigenvalue weighted by molar-refractivity contribution is 9.10. The summed E-state index contributed by atoms with van der Waals surface area (Å²) in [7, 11) is -0.583. The van der Waals surface area contributed by atoms with Crippen molar-refractivity contribution in [3.8, 4) is 0 Å². The molecular formula is C14H21BrClN3O3S. The molecule has 2 rings (SSSR count). The fourth-order valence-electron chi connectivity index (χ4n) is 2.35. The summed E-state index contributed by atoms with van der Waals surface area (Å²) in [5, 5.41) is 3.24. The molecule has 1 N–H and O–H groups in total. The third-order valence-corrected chi connectivity index (χ3v) is 6.49. The van der Waals surface area contributed by atoms with Crippen LogP contribution in [0, 0.1) is 0 Å². The van der Waals surface area contributed by atoms with Crippen molar-refractivity contribution in [3.63, 3.8) is 0 Å². The summed E-state index contributed by atoms with van der Waals surface area (Å²) < 4.78 is 25.9. The van der Waals surface area contributed by atoms with Crippen LogP contribution >= 0.6 is 28.3 Å². The van der Waals surface area contributed by atoms with Gasteiger partial charge in [-0.25, -0.2) is 12.7 Å². The second-order valence-corrected chi connectivity index (χ2v) is 8.46. The molecule has 0 aliphatic carbocycles. The largest absolute Gasteiger partial charge is 0.333 e. The van der Waals surface area contributed by atoms with E-state index in [4.69, 9.17) is 0 Å². The monoisotopic (exact) mass is 425 g/mol. The molecular weight excluding hydrogens is 406 g/mol. The molecule has 1 aromatic rings. The number of nitrogens with zero attached hydrogens (tertiary/aromatic N) is 2. The first-order chi connectivity index (χ1) is 10.2. The zero-order valence-electron chi connectivity index (χ0n) is 13.2. The van der Waals surface area contributed by atoms with Crippen molar-refractivity contribution in [2.75, 3.05) is 33.7 Å². The van der Waals surface area contributed by atoms with Crippen molar-refractivity contribution in [3.05, 3.63) is 28.2 Å². The molecule has 1 heterocycles. The van der Waals surface area contributed by atoms with Gasteiger partial charge in [0.25, 0.3) is 5.91 Å². The Morgan fingerprint density at radius 1 is 1.39 bits per heavy atom. The first-order valence-electron chi connectivity index (χ1n) is 6.99. The second kappa shape index (κ2) is 7.94. The minimum Gasteiger partial charge on any atom is -0.333 e. The molecule has 1 unspecified atom stereocenters. The number of carbonyl (C=O) groups is 1. The molecule has 1 saturated heterocycles. The van der Waals surface area contributed by atoms with Gasteiger partial charge in [0.15, 0.2) is 0 Å². The highest BCUT2D eigenvalue weighted by Crippen LogP contribution is 2.26. The number of sulfonamides is 1. The van der Waals surface area contributed by atoms with Crippen molar-refractivity contribution in [2.45, 2.75) is 17.9 Å². The first-order valence-corrected chi connectivity index (χ1v) is 9.22. The Hall–Kier alpha value is -0.670. The topological polar surface area (TPSA) is 69.7 Å². The summed E-state index contributed by atoms with van der Waals surface area (Å²) in [6.45, 7) is 4.17. The molecule has 1 atom stereocenters. The van der Waals surface area contributed by atoms with E-state index in [1.807, 2.05) is 6.92 Å². The molecule has 1 aromatic carbocycles. The summed E-state index contributed by atoms with van der Waals surface area (Å²) in [5.74, 6) is -0.0801. The third-order valence-electron chi connectivity index (χ3n) is 3.70. The third kappa shape index (κ3) is 4.24. The summed E-state index contributed by atoms with van der Waals surface area (Å²) >= 11 is 3.27. The number of carbonyl (C=O) groups excluding carboxylic acids is 1. The van der Waals surface area contributed by atoms with Crippen molar-refractivity contribution in [1.29, 1.82) is 0 Å². The van der Waals surface area contributed by atoms with Gasteiger partial charge in [-0.05, 0) is 41.1 Å². The number of halogens is 2.